The zero-order chi connectivity index (χ0) is 16.4. The van der Waals surface area contributed by atoms with Crippen molar-refractivity contribution in [1.82, 2.24) is 9.88 Å². The standard InChI is InChI=1S/C17H19ClN2O2S/c1-11-8-20(9-12(2)22-11)16(21)7-15-10-23-17(19-15)13-3-5-14(18)6-4-13/h3-6,10-12H,7-9H2,1-2H3. The van der Waals surface area contributed by atoms with Gasteiger partial charge in [0.15, 0.2) is 0 Å². The molecule has 0 aliphatic carbocycles. The van der Waals surface area contributed by atoms with Crippen molar-refractivity contribution in [2.45, 2.75) is 32.5 Å². The molecule has 1 aromatic heterocycles. The Morgan fingerprint density at radius 3 is 2.61 bits per heavy atom. The SMILES string of the molecule is CC1CN(C(=O)Cc2csc(-c3ccc(Cl)cc3)n2)CC(C)O1. The fraction of sp³-hybridized carbons (Fsp3) is 0.412. The van der Waals surface area contributed by atoms with Crippen LogP contribution in [0.25, 0.3) is 10.6 Å². The molecule has 3 rings (SSSR count). The van der Waals surface area contributed by atoms with Gasteiger partial charge >= 0.3 is 0 Å². The molecule has 0 N–H and O–H groups in total. The van der Waals surface area contributed by atoms with Crippen LogP contribution in [-0.4, -0.2) is 41.1 Å². The molecular formula is C17H19ClN2O2S. The van der Waals surface area contributed by atoms with Crippen molar-refractivity contribution in [1.29, 1.82) is 0 Å². The van der Waals surface area contributed by atoms with Crippen LogP contribution in [0.15, 0.2) is 29.6 Å². The molecule has 6 heteroatoms. The Morgan fingerprint density at radius 1 is 1.30 bits per heavy atom. The lowest BCUT2D eigenvalue weighted by Gasteiger charge is -2.35. The van der Waals surface area contributed by atoms with Crippen LogP contribution in [0.5, 0.6) is 0 Å². The van der Waals surface area contributed by atoms with Crippen molar-refractivity contribution in [3.63, 3.8) is 0 Å². The molecule has 1 saturated heterocycles. The van der Waals surface area contributed by atoms with E-state index in [4.69, 9.17) is 16.3 Å². The minimum Gasteiger partial charge on any atom is -0.372 e. The van der Waals surface area contributed by atoms with E-state index in [1.54, 1.807) is 11.3 Å². The Bertz CT molecular complexity index is 676. The molecule has 2 unspecified atom stereocenters. The molecule has 122 valence electrons. The third kappa shape index (κ3) is 4.10. The molecule has 0 radical (unpaired) electrons. The van der Waals surface area contributed by atoms with E-state index in [0.29, 0.717) is 24.5 Å². The number of rotatable bonds is 3. The number of amides is 1. The molecule has 4 nitrogen and oxygen atoms in total. The predicted molar refractivity (Wildman–Crippen MR) is 92.9 cm³/mol. The van der Waals surface area contributed by atoms with Gasteiger partial charge in [0.2, 0.25) is 5.91 Å². The summed E-state index contributed by atoms with van der Waals surface area (Å²) in [7, 11) is 0. The molecule has 0 spiro atoms. The number of benzene rings is 1. The van der Waals surface area contributed by atoms with E-state index >= 15 is 0 Å². The van der Waals surface area contributed by atoms with Crippen molar-refractivity contribution < 1.29 is 9.53 Å². The second-order valence-electron chi connectivity index (χ2n) is 5.88. The Hall–Kier alpha value is -1.43. The topological polar surface area (TPSA) is 42.4 Å². The minimum absolute atomic E-state index is 0.0859. The summed E-state index contributed by atoms with van der Waals surface area (Å²) < 4.78 is 5.67. The van der Waals surface area contributed by atoms with Crippen LogP contribution >= 0.6 is 22.9 Å². The fourth-order valence-electron chi connectivity index (χ4n) is 2.76. The van der Waals surface area contributed by atoms with E-state index in [1.165, 1.54) is 0 Å². The Kier molecular flexibility index (Phi) is 4.99. The van der Waals surface area contributed by atoms with Crippen LogP contribution < -0.4 is 0 Å². The molecule has 1 fully saturated rings. The Balaban J connectivity index is 1.66. The number of morpholine rings is 1. The molecule has 1 aromatic carbocycles. The van der Waals surface area contributed by atoms with Gasteiger partial charge in [-0.2, -0.15) is 0 Å². The van der Waals surface area contributed by atoms with Crippen LogP contribution in [0.2, 0.25) is 5.02 Å². The number of carbonyl (C=O) groups excluding carboxylic acids is 1. The first-order valence-electron chi connectivity index (χ1n) is 7.65. The van der Waals surface area contributed by atoms with E-state index in [0.717, 1.165) is 16.3 Å². The average molecular weight is 351 g/mol. The van der Waals surface area contributed by atoms with Gasteiger partial charge in [-0.15, -0.1) is 11.3 Å². The maximum Gasteiger partial charge on any atom is 0.228 e. The van der Waals surface area contributed by atoms with Crippen LogP contribution in [0, 0.1) is 0 Å². The lowest BCUT2D eigenvalue weighted by Crippen LogP contribution is -2.48. The molecule has 2 heterocycles. The summed E-state index contributed by atoms with van der Waals surface area (Å²) in [6, 6.07) is 7.58. The number of nitrogens with zero attached hydrogens (tertiary/aromatic N) is 2. The first-order chi connectivity index (χ1) is 11.0. The highest BCUT2D eigenvalue weighted by Crippen LogP contribution is 2.25. The summed E-state index contributed by atoms with van der Waals surface area (Å²) in [4.78, 5) is 18.9. The van der Waals surface area contributed by atoms with Gasteiger partial charge in [0.25, 0.3) is 0 Å². The van der Waals surface area contributed by atoms with Crippen molar-refractivity contribution >= 4 is 28.8 Å². The van der Waals surface area contributed by atoms with Crippen LogP contribution in [0.3, 0.4) is 0 Å². The molecule has 23 heavy (non-hydrogen) atoms. The third-order valence-corrected chi connectivity index (χ3v) is 4.94. The third-order valence-electron chi connectivity index (χ3n) is 3.75. The minimum atomic E-state index is 0.0859. The predicted octanol–water partition coefficient (Wildman–Crippen LogP) is 3.64. The number of hydrogen-bond donors (Lipinski definition) is 0. The van der Waals surface area contributed by atoms with Gasteiger partial charge in [0.1, 0.15) is 5.01 Å². The average Bonchev–Trinajstić information content (AvgIpc) is 2.95. The highest BCUT2D eigenvalue weighted by atomic mass is 35.5. The molecular weight excluding hydrogens is 332 g/mol. The second-order valence-corrected chi connectivity index (χ2v) is 7.18. The fourth-order valence-corrected chi connectivity index (χ4v) is 3.71. The highest BCUT2D eigenvalue weighted by molar-refractivity contribution is 7.13. The monoisotopic (exact) mass is 350 g/mol. The van der Waals surface area contributed by atoms with E-state index in [-0.39, 0.29) is 18.1 Å². The highest BCUT2D eigenvalue weighted by Gasteiger charge is 2.26. The number of hydrogen-bond acceptors (Lipinski definition) is 4. The zero-order valence-electron chi connectivity index (χ0n) is 13.2. The van der Waals surface area contributed by atoms with Crippen molar-refractivity contribution in [3.8, 4) is 10.6 Å². The van der Waals surface area contributed by atoms with Crippen LogP contribution in [0.4, 0.5) is 0 Å². The number of halogens is 1. The molecule has 1 aliphatic rings. The van der Waals surface area contributed by atoms with E-state index in [9.17, 15) is 4.79 Å². The zero-order valence-corrected chi connectivity index (χ0v) is 14.7. The molecule has 2 atom stereocenters. The number of ether oxygens (including phenoxy) is 1. The maximum absolute atomic E-state index is 12.5. The van der Waals surface area contributed by atoms with Crippen LogP contribution in [0.1, 0.15) is 19.5 Å². The lowest BCUT2D eigenvalue weighted by molar-refractivity contribution is -0.142. The quantitative estimate of drug-likeness (QED) is 0.848. The van der Waals surface area contributed by atoms with E-state index in [2.05, 4.69) is 4.98 Å². The van der Waals surface area contributed by atoms with Gasteiger partial charge in [-0.05, 0) is 26.0 Å². The van der Waals surface area contributed by atoms with E-state index in [1.807, 2.05) is 48.4 Å². The summed E-state index contributed by atoms with van der Waals surface area (Å²) in [6.45, 7) is 5.30. The lowest BCUT2D eigenvalue weighted by atomic mass is 10.2. The first-order valence-corrected chi connectivity index (χ1v) is 8.90. The molecule has 0 bridgehead atoms. The van der Waals surface area contributed by atoms with Crippen molar-refractivity contribution in [2.75, 3.05) is 13.1 Å². The second kappa shape index (κ2) is 6.99. The van der Waals surface area contributed by atoms with Gasteiger partial charge < -0.3 is 9.64 Å². The largest absolute Gasteiger partial charge is 0.372 e. The van der Waals surface area contributed by atoms with Gasteiger partial charge in [0.05, 0.1) is 24.3 Å². The maximum atomic E-state index is 12.5. The number of carbonyl (C=O) groups is 1. The number of thiazole rings is 1. The Labute approximate surface area is 145 Å². The van der Waals surface area contributed by atoms with E-state index < -0.39 is 0 Å². The van der Waals surface area contributed by atoms with Gasteiger partial charge in [-0.25, -0.2) is 4.98 Å². The summed E-state index contributed by atoms with van der Waals surface area (Å²) >= 11 is 7.45. The molecule has 1 aliphatic heterocycles. The normalized spacial score (nSPS) is 21.4. The summed E-state index contributed by atoms with van der Waals surface area (Å²) in [5, 5.41) is 3.57. The summed E-state index contributed by atoms with van der Waals surface area (Å²) in [6.07, 6.45) is 0.509. The summed E-state index contributed by atoms with van der Waals surface area (Å²) in [5.74, 6) is 0.111. The molecule has 2 aromatic rings. The van der Waals surface area contributed by atoms with Gasteiger partial charge in [-0.3, -0.25) is 4.79 Å². The number of aromatic nitrogens is 1. The van der Waals surface area contributed by atoms with Crippen molar-refractivity contribution in [2.24, 2.45) is 0 Å². The first kappa shape index (κ1) is 16.4. The molecule has 0 saturated carbocycles. The molecule has 1 amide bonds. The Morgan fingerprint density at radius 2 is 1.96 bits per heavy atom. The van der Waals surface area contributed by atoms with Crippen molar-refractivity contribution in [3.05, 3.63) is 40.4 Å². The smallest absolute Gasteiger partial charge is 0.228 e. The van der Waals surface area contributed by atoms with Gasteiger partial charge in [0, 0.05) is 29.1 Å². The van der Waals surface area contributed by atoms with Gasteiger partial charge in [-0.1, -0.05) is 23.7 Å². The van der Waals surface area contributed by atoms with Crippen LogP contribution in [-0.2, 0) is 16.0 Å². The summed E-state index contributed by atoms with van der Waals surface area (Å²) in [5.41, 5.74) is 1.84.